The van der Waals surface area contributed by atoms with E-state index in [0.717, 1.165) is 28.2 Å². The van der Waals surface area contributed by atoms with E-state index in [1.54, 1.807) is 26.4 Å². The second-order valence-corrected chi connectivity index (χ2v) is 9.32. The number of esters is 2. The van der Waals surface area contributed by atoms with E-state index in [1.807, 2.05) is 72.8 Å². The van der Waals surface area contributed by atoms with Crippen LogP contribution in [0, 0.1) is 0 Å². The van der Waals surface area contributed by atoms with Crippen LogP contribution in [0.25, 0.3) is 11.1 Å². The number of rotatable bonds is 7. The van der Waals surface area contributed by atoms with Crippen molar-refractivity contribution in [3.05, 3.63) is 108 Å². The Hall–Kier alpha value is -4.58. The van der Waals surface area contributed by atoms with Gasteiger partial charge in [-0.1, -0.05) is 62.4 Å². The number of carbonyl (C=O) groups excluding carboxylic acids is 2. The average Bonchev–Trinajstić information content (AvgIpc) is 2.93. The van der Waals surface area contributed by atoms with Gasteiger partial charge in [-0.15, -0.1) is 0 Å². The third-order valence-corrected chi connectivity index (χ3v) is 6.19. The van der Waals surface area contributed by atoms with Gasteiger partial charge in [-0.05, 0) is 70.8 Å². The lowest BCUT2D eigenvalue weighted by Gasteiger charge is -2.26. The fourth-order valence-electron chi connectivity index (χ4n) is 3.94. The quantitative estimate of drug-likeness (QED) is 0.187. The van der Waals surface area contributed by atoms with Crippen LogP contribution in [0.5, 0.6) is 23.0 Å². The van der Waals surface area contributed by atoms with Gasteiger partial charge in [0.05, 0.1) is 14.2 Å². The molecule has 0 bridgehead atoms. The Morgan fingerprint density at radius 3 is 1.08 bits per heavy atom. The van der Waals surface area contributed by atoms with Crippen molar-refractivity contribution >= 4 is 11.9 Å². The third-order valence-electron chi connectivity index (χ3n) is 6.19. The van der Waals surface area contributed by atoms with E-state index in [2.05, 4.69) is 26.0 Å². The normalized spacial score (nSPS) is 10.5. The fraction of sp³-hybridized carbons (Fsp3) is 0.212. The van der Waals surface area contributed by atoms with Crippen LogP contribution in [0.2, 0.25) is 0 Å². The average molecular weight is 527 g/mol. The molecule has 4 aromatic rings. The van der Waals surface area contributed by atoms with E-state index in [9.17, 15) is 9.59 Å². The maximum absolute atomic E-state index is 10.9. The molecule has 0 radical (unpaired) electrons. The van der Waals surface area contributed by atoms with Crippen molar-refractivity contribution in [1.82, 2.24) is 0 Å². The molecule has 6 heteroatoms. The molecule has 0 fully saturated rings. The van der Waals surface area contributed by atoms with E-state index in [-0.39, 0.29) is 17.4 Å². The van der Waals surface area contributed by atoms with Crippen molar-refractivity contribution in [3.63, 3.8) is 0 Å². The number of benzene rings is 4. The summed E-state index contributed by atoms with van der Waals surface area (Å²) in [5, 5.41) is 0. The van der Waals surface area contributed by atoms with Crippen LogP contribution < -0.4 is 18.9 Å². The molecule has 0 saturated carbocycles. The van der Waals surface area contributed by atoms with Crippen LogP contribution in [0.4, 0.5) is 0 Å². The first-order chi connectivity index (χ1) is 18.6. The van der Waals surface area contributed by atoms with Crippen LogP contribution in [-0.4, -0.2) is 26.2 Å². The lowest BCUT2D eigenvalue weighted by Crippen LogP contribution is -2.18. The van der Waals surface area contributed by atoms with Crippen molar-refractivity contribution in [1.29, 1.82) is 0 Å². The van der Waals surface area contributed by atoms with E-state index < -0.39 is 0 Å². The summed E-state index contributed by atoms with van der Waals surface area (Å²) >= 11 is 0. The molecule has 39 heavy (non-hydrogen) atoms. The summed E-state index contributed by atoms with van der Waals surface area (Å²) in [5.74, 6) is 2.18. The maximum Gasteiger partial charge on any atom is 0.308 e. The van der Waals surface area contributed by atoms with E-state index in [0.29, 0.717) is 11.5 Å². The molecule has 0 atom stereocenters. The number of hydrogen-bond acceptors (Lipinski definition) is 6. The zero-order chi connectivity index (χ0) is 28.4. The molecule has 0 saturated heterocycles. The van der Waals surface area contributed by atoms with Gasteiger partial charge in [0.15, 0.2) is 0 Å². The molecule has 0 aliphatic heterocycles. The minimum atomic E-state index is -0.313. The Balaban J connectivity index is 0.000000218. The zero-order valence-corrected chi connectivity index (χ0v) is 23.2. The van der Waals surface area contributed by atoms with Gasteiger partial charge in [-0.25, -0.2) is 0 Å². The van der Waals surface area contributed by atoms with Crippen molar-refractivity contribution in [3.8, 4) is 34.1 Å². The van der Waals surface area contributed by atoms with E-state index in [4.69, 9.17) is 18.9 Å². The van der Waals surface area contributed by atoms with Crippen LogP contribution in [0.3, 0.4) is 0 Å². The Morgan fingerprint density at radius 1 is 0.487 bits per heavy atom. The Kier molecular flexibility index (Phi) is 9.87. The summed E-state index contributed by atoms with van der Waals surface area (Å²) in [6.07, 6.45) is 0. The first-order valence-electron chi connectivity index (χ1n) is 12.5. The highest BCUT2D eigenvalue weighted by atomic mass is 16.5. The smallest absolute Gasteiger partial charge is 0.308 e. The number of carbonyl (C=O) groups is 2. The van der Waals surface area contributed by atoms with E-state index in [1.165, 1.54) is 19.4 Å². The van der Waals surface area contributed by atoms with Crippen molar-refractivity contribution in [2.45, 2.75) is 33.1 Å². The molecule has 0 amide bonds. The largest absolute Gasteiger partial charge is 0.497 e. The number of methoxy groups -OCH3 is 2. The molecular formula is C33H34O6. The molecule has 202 valence electrons. The van der Waals surface area contributed by atoms with Crippen LogP contribution >= 0.6 is 0 Å². The van der Waals surface area contributed by atoms with Gasteiger partial charge >= 0.3 is 11.9 Å². The molecule has 0 N–H and O–H groups in total. The molecule has 0 aromatic heterocycles. The van der Waals surface area contributed by atoms with E-state index >= 15 is 0 Å². The lowest BCUT2D eigenvalue weighted by atomic mass is 9.78. The first kappa shape index (κ1) is 29.0. The molecule has 6 nitrogen and oxygen atoms in total. The molecule has 4 rings (SSSR count). The summed E-state index contributed by atoms with van der Waals surface area (Å²) in [6.45, 7) is 7.11. The number of hydrogen-bond donors (Lipinski definition) is 0. The van der Waals surface area contributed by atoms with Gasteiger partial charge in [0.2, 0.25) is 0 Å². The highest BCUT2D eigenvalue weighted by Gasteiger charge is 2.23. The maximum atomic E-state index is 10.9. The van der Waals surface area contributed by atoms with Gasteiger partial charge in [-0.3, -0.25) is 9.59 Å². The van der Waals surface area contributed by atoms with Gasteiger partial charge in [0.25, 0.3) is 0 Å². The SMILES string of the molecule is COc1ccc(-c2ccc(OC(C)=O)cc2)cc1.COc1ccc(C(C)(C)c2ccc(OC(C)=O)cc2)cc1. The van der Waals surface area contributed by atoms with Gasteiger partial charge in [0, 0.05) is 19.3 Å². The highest BCUT2D eigenvalue weighted by Crippen LogP contribution is 2.33. The summed E-state index contributed by atoms with van der Waals surface area (Å²) in [5.41, 5.74) is 4.37. The first-order valence-corrected chi connectivity index (χ1v) is 12.5. The predicted molar refractivity (Wildman–Crippen MR) is 153 cm³/mol. The topological polar surface area (TPSA) is 71.1 Å². The van der Waals surface area contributed by atoms with Crippen LogP contribution in [-0.2, 0) is 15.0 Å². The van der Waals surface area contributed by atoms with Crippen LogP contribution in [0.15, 0.2) is 97.1 Å². The second kappa shape index (κ2) is 13.3. The van der Waals surface area contributed by atoms with Crippen molar-refractivity contribution < 1.29 is 28.5 Å². The molecule has 0 spiro atoms. The Labute approximate surface area is 230 Å². The zero-order valence-electron chi connectivity index (χ0n) is 23.2. The standard InChI is InChI=1S/C18H20O3.C15H14O3/c1-13(19)21-17-11-7-15(8-12-17)18(2,3)14-5-9-16(20-4)10-6-14;1-11(16)18-15-9-5-13(6-10-15)12-3-7-14(17-2)8-4-12/h5-12H,1-4H3;3-10H,1-2H3. The highest BCUT2D eigenvalue weighted by molar-refractivity contribution is 5.70. The van der Waals surface area contributed by atoms with Gasteiger partial charge < -0.3 is 18.9 Å². The summed E-state index contributed by atoms with van der Waals surface area (Å²) in [6, 6.07) is 30.9. The molecule has 0 aliphatic rings. The lowest BCUT2D eigenvalue weighted by molar-refractivity contribution is -0.132. The Morgan fingerprint density at radius 2 is 0.769 bits per heavy atom. The monoisotopic (exact) mass is 526 g/mol. The summed E-state index contributed by atoms with van der Waals surface area (Å²) in [7, 11) is 3.30. The molecule has 4 aromatic carbocycles. The molecule has 0 heterocycles. The second-order valence-electron chi connectivity index (χ2n) is 9.32. The van der Waals surface area contributed by atoms with Gasteiger partial charge in [0.1, 0.15) is 23.0 Å². The van der Waals surface area contributed by atoms with Gasteiger partial charge in [-0.2, -0.15) is 0 Å². The van der Waals surface area contributed by atoms with Crippen LogP contribution in [0.1, 0.15) is 38.8 Å². The minimum absolute atomic E-state index is 0.138. The fourth-order valence-corrected chi connectivity index (χ4v) is 3.94. The molecule has 0 aliphatic carbocycles. The minimum Gasteiger partial charge on any atom is -0.497 e. The molecule has 0 unspecified atom stereocenters. The van der Waals surface area contributed by atoms with Crippen molar-refractivity contribution in [2.75, 3.05) is 14.2 Å². The third kappa shape index (κ3) is 8.20. The summed E-state index contributed by atoms with van der Waals surface area (Å²) in [4.78, 5) is 21.7. The summed E-state index contributed by atoms with van der Waals surface area (Å²) < 4.78 is 20.3. The van der Waals surface area contributed by atoms with Crippen molar-refractivity contribution in [2.24, 2.45) is 0 Å². The molecular weight excluding hydrogens is 492 g/mol. The number of ether oxygens (including phenoxy) is 4. The Bertz CT molecular complexity index is 1350. The predicted octanol–water partition coefficient (Wildman–Crippen LogP) is 7.23.